The zero-order valence-corrected chi connectivity index (χ0v) is 16.3. The van der Waals surface area contributed by atoms with Crippen molar-refractivity contribution >= 4 is 22.1 Å². The van der Waals surface area contributed by atoms with Gasteiger partial charge in [0.2, 0.25) is 10.0 Å². The highest BCUT2D eigenvalue weighted by Crippen LogP contribution is 2.37. The number of hydrogen-bond donors (Lipinski definition) is 0. The van der Waals surface area contributed by atoms with Gasteiger partial charge in [0.25, 0.3) is 0 Å². The number of benzene rings is 1. The predicted molar refractivity (Wildman–Crippen MR) is 98.0 cm³/mol. The molecule has 0 atom stereocenters. The smallest absolute Gasteiger partial charge is 0.330 e. The first kappa shape index (κ1) is 20.5. The van der Waals surface area contributed by atoms with Crippen LogP contribution in [0.3, 0.4) is 0 Å². The average molecular weight is 395 g/mol. The lowest BCUT2D eigenvalue weighted by Crippen LogP contribution is -2.27. The van der Waals surface area contributed by atoms with E-state index in [2.05, 4.69) is 4.74 Å². The van der Waals surface area contributed by atoms with Crippen molar-refractivity contribution in [2.24, 2.45) is 0 Å². The third-order valence-electron chi connectivity index (χ3n) is 3.73. The summed E-state index contributed by atoms with van der Waals surface area (Å²) in [6.07, 6.45) is 4.08. The maximum absolute atomic E-state index is 13.1. The van der Waals surface area contributed by atoms with Crippen molar-refractivity contribution in [1.29, 1.82) is 0 Å². The molecular weight excluding hydrogens is 374 g/mol. The van der Waals surface area contributed by atoms with E-state index in [1.807, 2.05) is 0 Å². The quantitative estimate of drug-likeness (QED) is 0.500. The number of rotatable bonds is 8. The SMILES string of the molecule is COC(=O)/C=C/c1cc(OC)c(OC)c(S(=O)(=O)N(C)Cc2ccco2)c1. The summed E-state index contributed by atoms with van der Waals surface area (Å²) in [7, 11) is 1.50. The Hall–Kier alpha value is -2.78. The van der Waals surface area contributed by atoms with Gasteiger partial charge in [0, 0.05) is 13.1 Å². The zero-order chi connectivity index (χ0) is 20.0. The van der Waals surface area contributed by atoms with E-state index in [4.69, 9.17) is 13.9 Å². The minimum Gasteiger partial charge on any atom is -0.493 e. The zero-order valence-electron chi connectivity index (χ0n) is 15.5. The highest BCUT2D eigenvalue weighted by molar-refractivity contribution is 7.89. The predicted octanol–water partition coefficient (Wildman–Crippen LogP) is 2.30. The number of ether oxygens (including phenoxy) is 3. The Balaban J connectivity index is 2.51. The number of sulfonamides is 1. The Morgan fingerprint density at radius 3 is 2.52 bits per heavy atom. The summed E-state index contributed by atoms with van der Waals surface area (Å²) in [4.78, 5) is 11.2. The lowest BCUT2D eigenvalue weighted by Gasteiger charge is -2.20. The molecule has 0 aliphatic carbocycles. The Morgan fingerprint density at radius 1 is 1.22 bits per heavy atom. The molecule has 2 aromatic rings. The first-order valence-electron chi connectivity index (χ1n) is 7.84. The molecule has 0 amide bonds. The number of carbonyl (C=O) groups is 1. The molecule has 0 unspecified atom stereocenters. The van der Waals surface area contributed by atoms with E-state index in [1.54, 1.807) is 18.2 Å². The van der Waals surface area contributed by atoms with Crippen molar-refractivity contribution < 1.29 is 31.8 Å². The summed E-state index contributed by atoms with van der Waals surface area (Å²) in [5, 5.41) is 0. The van der Waals surface area contributed by atoms with Gasteiger partial charge in [-0.3, -0.25) is 0 Å². The molecule has 0 aliphatic rings. The molecule has 0 radical (unpaired) electrons. The summed E-state index contributed by atoms with van der Waals surface area (Å²) < 4.78 is 47.6. The summed E-state index contributed by atoms with van der Waals surface area (Å²) in [5.74, 6) is 0.214. The van der Waals surface area contributed by atoms with E-state index in [0.717, 1.165) is 4.31 Å². The third-order valence-corrected chi connectivity index (χ3v) is 5.54. The van der Waals surface area contributed by atoms with Crippen molar-refractivity contribution in [2.75, 3.05) is 28.4 Å². The molecular formula is C18H21NO7S. The molecule has 27 heavy (non-hydrogen) atoms. The van der Waals surface area contributed by atoms with Gasteiger partial charge in [-0.2, -0.15) is 4.31 Å². The van der Waals surface area contributed by atoms with Crippen LogP contribution in [-0.4, -0.2) is 47.1 Å². The van der Waals surface area contributed by atoms with Crippen LogP contribution >= 0.6 is 0 Å². The topological polar surface area (TPSA) is 95.3 Å². The molecule has 0 saturated heterocycles. The monoisotopic (exact) mass is 395 g/mol. The van der Waals surface area contributed by atoms with Crippen LogP contribution in [0.5, 0.6) is 11.5 Å². The first-order chi connectivity index (χ1) is 12.8. The van der Waals surface area contributed by atoms with E-state index in [9.17, 15) is 13.2 Å². The molecule has 8 nitrogen and oxygen atoms in total. The van der Waals surface area contributed by atoms with Crippen LogP contribution in [-0.2, 0) is 26.1 Å². The van der Waals surface area contributed by atoms with Gasteiger partial charge in [0.05, 0.1) is 34.1 Å². The van der Waals surface area contributed by atoms with Crippen molar-refractivity contribution in [1.82, 2.24) is 4.31 Å². The molecule has 0 aliphatic heterocycles. The highest BCUT2D eigenvalue weighted by Gasteiger charge is 2.28. The van der Waals surface area contributed by atoms with E-state index in [-0.39, 0.29) is 22.9 Å². The molecule has 1 heterocycles. The minimum absolute atomic E-state index is 0.0447. The molecule has 0 bridgehead atoms. The molecule has 2 rings (SSSR count). The molecule has 1 aromatic heterocycles. The third kappa shape index (κ3) is 4.69. The van der Waals surface area contributed by atoms with Crippen LogP contribution in [0.15, 0.2) is 45.9 Å². The van der Waals surface area contributed by atoms with Crippen LogP contribution in [0.25, 0.3) is 6.08 Å². The van der Waals surface area contributed by atoms with Crippen molar-refractivity contribution in [3.05, 3.63) is 47.9 Å². The molecule has 0 fully saturated rings. The van der Waals surface area contributed by atoms with Crippen molar-refractivity contribution in [3.8, 4) is 11.5 Å². The molecule has 1 aromatic carbocycles. The molecule has 0 saturated carbocycles. The van der Waals surface area contributed by atoms with Gasteiger partial charge in [-0.1, -0.05) is 0 Å². The second kappa shape index (κ2) is 8.74. The lowest BCUT2D eigenvalue weighted by atomic mass is 10.2. The number of esters is 1. The Labute approximate surface area is 158 Å². The Morgan fingerprint density at radius 2 is 1.96 bits per heavy atom. The molecule has 0 spiro atoms. The first-order valence-corrected chi connectivity index (χ1v) is 9.28. The maximum Gasteiger partial charge on any atom is 0.330 e. The average Bonchev–Trinajstić information content (AvgIpc) is 3.17. The van der Waals surface area contributed by atoms with Gasteiger partial charge >= 0.3 is 5.97 Å². The fourth-order valence-corrected chi connectivity index (χ4v) is 3.68. The van der Waals surface area contributed by atoms with Gasteiger partial charge in [0.1, 0.15) is 10.7 Å². The van der Waals surface area contributed by atoms with E-state index in [0.29, 0.717) is 11.3 Å². The number of furan rings is 1. The fourth-order valence-electron chi connectivity index (χ4n) is 2.34. The minimum atomic E-state index is -3.94. The fraction of sp³-hybridized carbons (Fsp3) is 0.278. The van der Waals surface area contributed by atoms with Crippen LogP contribution in [0.1, 0.15) is 11.3 Å². The Kier molecular flexibility index (Phi) is 6.65. The molecule has 146 valence electrons. The lowest BCUT2D eigenvalue weighted by molar-refractivity contribution is -0.134. The van der Waals surface area contributed by atoms with Crippen molar-refractivity contribution in [3.63, 3.8) is 0 Å². The molecule has 9 heteroatoms. The van der Waals surface area contributed by atoms with E-state index >= 15 is 0 Å². The van der Waals surface area contributed by atoms with E-state index in [1.165, 1.54) is 52.9 Å². The summed E-state index contributed by atoms with van der Waals surface area (Å²) in [6.45, 7) is 0.0447. The second-order valence-corrected chi connectivity index (χ2v) is 7.46. The van der Waals surface area contributed by atoms with Gasteiger partial charge in [-0.25, -0.2) is 13.2 Å². The van der Waals surface area contributed by atoms with Gasteiger partial charge < -0.3 is 18.6 Å². The summed E-state index contributed by atoms with van der Waals surface area (Å²) in [6, 6.07) is 6.32. The highest BCUT2D eigenvalue weighted by atomic mass is 32.2. The van der Waals surface area contributed by atoms with Gasteiger partial charge in [-0.15, -0.1) is 0 Å². The van der Waals surface area contributed by atoms with Crippen LogP contribution < -0.4 is 9.47 Å². The van der Waals surface area contributed by atoms with Gasteiger partial charge in [0.15, 0.2) is 11.5 Å². The van der Waals surface area contributed by atoms with Gasteiger partial charge in [-0.05, 0) is 35.9 Å². The number of nitrogens with zero attached hydrogens (tertiary/aromatic N) is 1. The summed E-state index contributed by atoms with van der Waals surface area (Å²) in [5.41, 5.74) is 0.433. The maximum atomic E-state index is 13.1. The Bertz CT molecular complexity index is 917. The van der Waals surface area contributed by atoms with Crippen LogP contribution in [0, 0.1) is 0 Å². The standard InChI is InChI=1S/C18H21NO7S/c1-19(12-14-6-5-9-26-14)27(21,22)16-11-13(7-8-17(20)24-3)10-15(23-2)18(16)25-4/h5-11H,12H2,1-4H3/b8-7+. The number of carbonyl (C=O) groups excluding carboxylic acids is 1. The largest absolute Gasteiger partial charge is 0.493 e. The number of methoxy groups -OCH3 is 3. The normalized spacial score (nSPS) is 11.7. The summed E-state index contributed by atoms with van der Waals surface area (Å²) >= 11 is 0. The number of hydrogen-bond acceptors (Lipinski definition) is 7. The molecule has 0 N–H and O–H groups in total. The second-order valence-electron chi connectivity index (χ2n) is 5.45. The van der Waals surface area contributed by atoms with Crippen LogP contribution in [0.2, 0.25) is 0 Å². The van der Waals surface area contributed by atoms with E-state index < -0.39 is 16.0 Å². The van der Waals surface area contributed by atoms with Crippen LogP contribution in [0.4, 0.5) is 0 Å². The van der Waals surface area contributed by atoms with Crippen molar-refractivity contribution in [2.45, 2.75) is 11.4 Å².